The van der Waals surface area contributed by atoms with Gasteiger partial charge in [0.15, 0.2) is 0 Å². The van der Waals surface area contributed by atoms with E-state index in [1.54, 1.807) is 11.8 Å². The minimum absolute atomic E-state index is 0.0234. The Labute approximate surface area is 107 Å². The molecule has 102 valence electrons. The number of guanidine groups is 1. The van der Waals surface area contributed by atoms with E-state index in [4.69, 9.17) is 10.6 Å². The minimum atomic E-state index is 0.0234. The van der Waals surface area contributed by atoms with Crippen molar-refractivity contribution in [1.29, 1.82) is 0 Å². The lowest BCUT2D eigenvalue weighted by Gasteiger charge is -2.11. The molecule has 0 aliphatic carbocycles. The molecular formula is C11H22N6O. The smallest absolute Gasteiger partial charge is 0.210 e. The van der Waals surface area contributed by atoms with Crippen LogP contribution in [0.15, 0.2) is 11.2 Å². The lowest BCUT2D eigenvalue weighted by Crippen LogP contribution is -2.37. The molecule has 4 N–H and O–H groups in total. The van der Waals surface area contributed by atoms with Crippen LogP contribution in [0.4, 0.5) is 5.69 Å². The Kier molecular flexibility index (Phi) is 5.60. The van der Waals surface area contributed by atoms with Gasteiger partial charge >= 0.3 is 0 Å². The number of hydrogen-bond donors (Lipinski definition) is 3. The van der Waals surface area contributed by atoms with Crippen LogP contribution in [-0.2, 0) is 18.2 Å². The third kappa shape index (κ3) is 4.01. The van der Waals surface area contributed by atoms with Crippen molar-refractivity contribution in [2.24, 2.45) is 17.9 Å². The maximum absolute atomic E-state index is 5.45. The Morgan fingerprint density at radius 1 is 1.67 bits per heavy atom. The van der Waals surface area contributed by atoms with Crippen LogP contribution >= 0.6 is 0 Å². The number of nitrogens with zero attached hydrogens (tertiary/aromatic N) is 3. The quantitative estimate of drug-likeness (QED) is 0.303. The molecule has 1 atom stereocenters. The van der Waals surface area contributed by atoms with Gasteiger partial charge in [0.1, 0.15) is 0 Å². The molecule has 0 amide bonds. The summed E-state index contributed by atoms with van der Waals surface area (Å²) < 4.78 is 6.79. The molecule has 0 aromatic carbocycles. The van der Waals surface area contributed by atoms with Crippen molar-refractivity contribution in [3.05, 3.63) is 11.9 Å². The zero-order valence-electron chi connectivity index (χ0n) is 11.4. The Hall–Kier alpha value is -1.60. The molecule has 0 radical (unpaired) electrons. The van der Waals surface area contributed by atoms with Gasteiger partial charge in [0.25, 0.3) is 0 Å². The number of hydrogen-bond acceptors (Lipinski definition) is 4. The summed E-state index contributed by atoms with van der Waals surface area (Å²) in [5.41, 5.74) is 4.42. The fourth-order valence-electron chi connectivity index (χ4n) is 1.63. The summed E-state index contributed by atoms with van der Waals surface area (Å²) in [4.78, 5) is 4.37. The summed E-state index contributed by atoms with van der Waals surface area (Å²) in [7, 11) is 3.52. The van der Waals surface area contributed by atoms with Gasteiger partial charge in [-0.2, -0.15) is 5.10 Å². The minimum Gasteiger partial charge on any atom is -0.382 e. The first-order valence-electron chi connectivity index (χ1n) is 5.93. The average Bonchev–Trinajstić information content (AvgIpc) is 2.68. The van der Waals surface area contributed by atoms with E-state index in [9.17, 15) is 0 Å². The van der Waals surface area contributed by atoms with E-state index in [1.807, 2.05) is 27.1 Å². The number of aryl methyl sites for hydroxylation is 2. The molecule has 7 heteroatoms. The van der Waals surface area contributed by atoms with E-state index in [1.165, 1.54) is 0 Å². The van der Waals surface area contributed by atoms with Gasteiger partial charge in [-0.15, -0.1) is 0 Å². The predicted octanol–water partition coefficient (Wildman–Crippen LogP) is 0.249. The molecular weight excluding hydrogens is 232 g/mol. The number of anilines is 1. The molecule has 0 fully saturated rings. The van der Waals surface area contributed by atoms with Gasteiger partial charge in [-0.25, -0.2) is 10.8 Å². The number of nitrogens with one attached hydrogen (secondary N) is 2. The van der Waals surface area contributed by atoms with Crippen molar-refractivity contribution in [2.75, 3.05) is 19.0 Å². The van der Waals surface area contributed by atoms with Gasteiger partial charge in [-0.1, -0.05) is 6.92 Å². The summed E-state index contributed by atoms with van der Waals surface area (Å²) in [5.74, 6) is 5.95. The molecule has 1 unspecified atom stereocenters. The van der Waals surface area contributed by atoms with Crippen molar-refractivity contribution < 1.29 is 4.74 Å². The molecule has 1 heterocycles. The van der Waals surface area contributed by atoms with E-state index in [0.29, 0.717) is 12.6 Å². The summed E-state index contributed by atoms with van der Waals surface area (Å²) in [5, 5.41) is 7.47. The van der Waals surface area contributed by atoms with Crippen LogP contribution < -0.4 is 16.6 Å². The largest absolute Gasteiger partial charge is 0.382 e. The highest BCUT2D eigenvalue weighted by atomic mass is 16.5. The number of rotatable bonds is 5. The fourth-order valence-corrected chi connectivity index (χ4v) is 1.63. The summed E-state index contributed by atoms with van der Waals surface area (Å²) in [6, 6.07) is 0.0234. The molecule has 7 nitrogen and oxygen atoms in total. The standard InChI is InChI=1S/C11H22N6O/c1-5-9-10(6-17(3)16-9)14-11(15-12)13-8(2)7-18-4/h6,8H,5,7,12H2,1-4H3,(H2,13,14,15). The summed E-state index contributed by atoms with van der Waals surface area (Å²) in [6.07, 6.45) is 2.74. The summed E-state index contributed by atoms with van der Waals surface area (Å²) in [6.45, 7) is 4.54. The lowest BCUT2D eigenvalue weighted by atomic mass is 10.3. The number of aliphatic imine (C=N–C) groups is 1. The molecule has 0 aliphatic heterocycles. The van der Waals surface area contributed by atoms with Crippen LogP contribution in [0.5, 0.6) is 0 Å². The van der Waals surface area contributed by atoms with Crippen LogP contribution in [0, 0.1) is 0 Å². The predicted molar refractivity (Wildman–Crippen MR) is 72.3 cm³/mol. The van der Waals surface area contributed by atoms with E-state index in [-0.39, 0.29) is 6.04 Å². The first-order chi connectivity index (χ1) is 8.60. The number of methoxy groups -OCH3 is 1. The zero-order chi connectivity index (χ0) is 13.5. The highest BCUT2D eigenvalue weighted by Crippen LogP contribution is 2.13. The van der Waals surface area contributed by atoms with Gasteiger partial charge in [0, 0.05) is 20.4 Å². The van der Waals surface area contributed by atoms with Crippen LogP contribution in [0.1, 0.15) is 19.5 Å². The molecule has 1 aromatic rings. The molecule has 0 aliphatic rings. The van der Waals surface area contributed by atoms with Crippen molar-refractivity contribution in [2.45, 2.75) is 26.3 Å². The normalized spacial score (nSPS) is 13.5. The van der Waals surface area contributed by atoms with Crippen molar-refractivity contribution in [3.63, 3.8) is 0 Å². The number of hydrazine groups is 1. The van der Waals surface area contributed by atoms with Crippen LogP contribution in [0.3, 0.4) is 0 Å². The van der Waals surface area contributed by atoms with Gasteiger partial charge in [0.2, 0.25) is 5.96 Å². The average molecular weight is 254 g/mol. The molecule has 0 saturated carbocycles. The van der Waals surface area contributed by atoms with Gasteiger partial charge in [-0.3, -0.25) is 10.1 Å². The maximum atomic E-state index is 5.45. The Bertz CT molecular complexity index is 400. The maximum Gasteiger partial charge on any atom is 0.210 e. The highest BCUT2D eigenvalue weighted by molar-refractivity contribution is 5.93. The Balaban J connectivity index is 2.78. The molecule has 0 bridgehead atoms. The Morgan fingerprint density at radius 2 is 2.39 bits per heavy atom. The first kappa shape index (κ1) is 14.5. The third-order valence-corrected chi connectivity index (χ3v) is 2.39. The van der Waals surface area contributed by atoms with E-state index in [2.05, 4.69) is 20.8 Å². The SMILES string of the molecule is CCc1nn(C)cc1NC(=NC(C)COC)NN. The van der Waals surface area contributed by atoms with Crippen LogP contribution in [0.2, 0.25) is 0 Å². The van der Waals surface area contributed by atoms with Gasteiger partial charge < -0.3 is 10.1 Å². The highest BCUT2D eigenvalue weighted by Gasteiger charge is 2.08. The lowest BCUT2D eigenvalue weighted by molar-refractivity contribution is 0.185. The molecule has 0 saturated heterocycles. The molecule has 1 aromatic heterocycles. The molecule has 1 rings (SSSR count). The summed E-state index contributed by atoms with van der Waals surface area (Å²) >= 11 is 0. The topological polar surface area (TPSA) is 89.5 Å². The van der Waals surface area contributed by atoms with E-state index >= 15 is 0 Å². The van der Waals surface area contributed by atoms with Crippen molar-refractivity contribution >= 4 is 11.6 Å². The molecule has 18 heavy (non-hydrogen) atoms. The fraction of sp³-hybridized carbons (Fsp3) is 0.636. The van der Waals surface area contributed by atoms with Crippen molar-refractivity contribution in [3.8, 4) is 0 Å². The molecule has 0 spiro atoms. The monoisotopic (exact) mass is 254 g/mol. The number of aromatic nitrogens is 2. The van der Waals surface area contributed by atoms with Crippen LogP contribution in [-0.4, -0.2) is 35.5 Å². The zero-order valence-corrected chi connectivity index (χ0v) is 11.4. The Morgan fingerprint density at radius 3 is 2.94 bits per heavy atom. The first-order valence-corrected chi connectivity index (χ1v) is 5.93. The number of nitrogens with two attached hydrogens (primary N) is 1. The van der Waals surface area contributed by atoms with Crippen LogP contribution in [0.25, 0.3) is 0 Å². The second kappa shape index (κ2) is 6.97. The second-order valence-corrected chi connectivity index (χ2v) is 4.07. The second-order valence-electron chi connectivity index (χ2n) is 4.07. The van der Waals surface area contributed by atoms with E-state index < -0.39 is 0 Å². The van der Waals surface area contributed by atoms with Crippen molar-refractivity contribution in [1.82, 2.24) is 15.2 Å². The number of ether oxygens (including phenoxy) is 1. The van der Waals surface area contributed by atoms with Gasteiger partial charge in [-0.05, 0) is 13.3 Å². The van der Waals surface area contributed by atoms with Gasteiger partial charge in [0.05, 0.1) is 24.0 Å². The third-order valence-electron chi connectivity index (χ3n) is 2.39. The van der Waals surface area contributed by atoms with E-state index in [0.717, 1.165) is 17.8 Å².